The number of thioether (sulfide) groups is 1. The SMILES string of the molecule is CCSCCN(C(=O)c1oc(CC)nc1C)C1CCCCC1. The van der Waals surface area contributed by atoms with Gasteiger partial charge in [-0.25, -0.2) is 4.98 Å². The Morgan fingerprint density at radius 3 is 2.64 bits per heavy atom. The summed E-state index contributed by atoms with van der Waals surface area (Å²) in [6, 6.07) is 0.369. The molecule has 4 nitrogen and oxygen atoms in total. The summed E-state index contributed by atoms with van der Waals surface area (Å²) in [6.45, 7) is 6.83. The fraction of sp³-hybridized carbons (Fsp3) is 0.765. The van der Waals surface area contributed by atoms with Crippen LogP contribution in [-0.2, 0) is 6.42 Å². The van der Waals surface area contributed by atoms with Gasteiger partial charge in [-0.05, 0) is 25.5 Å². The predicted octanol–water partition coefficient (Wildman–Crippen LogP) is 4.07. The van der Waals surface area contributed by atoms with Gasteiger partial charge in [0.2, 0.25) is 5.76 Å². The van der Waals surface area contributed by atoms with Crippen molar-refractivity contribution in [2.45, 2.75) is 65.3 Å². The van der Waals surface area contributed by atoms with Gasteiger partial charge < -0.3 is 9.32 Å². The van der Waals surface area contributed by atoms with Gasteiger partial charge in [0.25, 0.3) is 5.91 Å². The second-order valence-corrected chi connectivity index (χ2v) is 7.26. The van der Waals surface area contributed by atoms with E-state index < -0.39 is 0 Å². The fourth-order valence-electron chi connectivity index (χ4n) is 3.08. The molecular formula is C17H28N2O2S. The molecule has 1 heterocycles. The van der Waals surface area contributed by atoms with E-state index in [9.17, 15) is 4.79 Å². The lowest BCUT2D eigenvalue weighted by Gasteiger charge is -2.34. The number of aromatic nitrogens is 1. The van der Waals surface area contributed by atoms with E-state index in [2.05, 4.69) is 16.8 Å². The van der Waals surface area contributed by atoms with Gasteiger partial charge in [-0.15, -0.1) is 0 Å². The van der Waals surface area contributed by atoms with Gasteiger partial charge in [-0.3, -0.25) is 4.79 Å². The minimum Gasteiger partial charge on any atom is -0.435 e. The maximum absolute atomic E-state index is 13.0. The largest absolute Gasteiger partial charge is 0.435 e. The summed E-state index contributed by atoms with van der Waals surface area (Å²) in [5.74, 6) is 3.23. The molecule has 1 aliphatic rings. The van der Waals surface area contributed by atoms with Gasteiger partial charge in [0, 0.05) is 24.8 Å². The van der Waals surface area contributed by atoms with Crippen LogP contribution in [-0.4, -0.2) is 39.9 Å². The summed E-state index contributed by atoms with van der Waals surface area (Å²) >= 11 is 1.89. The highest BCUT2D eigenvalue weighted by molar-refractivity contribution is 7.99. The highest BCUT2D eigenvalue weighted by Crippen LogP contribution is 2.25. The number of nitrogens with zero attached hydrogens (tertiary/aromatic N) is 2. The van der Waals surface area contributed by atoms with Crippen LogP contribution in [0.15, 0.2) is 4.42 Å². The third-order valence-corrected chi connectivity index (χ3v) is 5.17. The molecular weight excluding hydrogens is 296 g/mol. The number of hydrogen-bond donors (Lipinski definition) is 0. The standard InChI is InChI=1S/C17H28N2O2S/c1-4-15-18-13(3)16(21-15)17(20)19(11-12-22-5-2)14-9-7-6-8-10-14/h14H,4-12H2,1-3H3. The first-order chi connectivity index (χ1) is 10.7. The molecule has 5 heteroatoms. The molecule has 1 fully saturated rings. The molecule has 0 unspecified atom stereocenters. The van der Waals surface area contributed by atoms with Crippen molar-refractivity contribution in [3.05, 3.63) is 17.3 Å². The first-order valence-electron chi connectivity index (χ1n) is 8.52. The maximum atomic E-state index is 13.0. The van der Waals surface area contributed by atoms with Crippen LogP contribution in [0.4, 0.5) is 0 Å². The van der Waals surface area contributed by atoms with Gasteiger partial charge in [0.1, 0.15) is 0 Å². The molecule has 0 radical (unpaired) electrons. The zero-order valence-corrected chi connectivity index (χ0v) is 14.9. The summed E-state index contributed by atoms with van der Waals surface area (Å²) < 4.78 is 5.69. The van der Waals surface area contributed by atoms with Crippen molar-refractivity contribution < 1.29 is 9.21 Å². The smallest absolute Gasteiger partial charge is 0.291 e. The Kier molecular flexibility index (Phi) is 6.80. The molecule has 22 heavy (non-hydrogen) atoms. The number of oxazole rings is 1. The minimum absolute atomic E-state index is 0.0355. The normalized spacial score (nSPS) is 16.0. The van der Waals surface area contributed by atoms with Crippen LogP contribution in [0.2, 0.25) is 0 Å². The first-order valence-corrected chi connectivity index (χ1v) is 9.67. The van der Waals surface area contributed by atoms with E-state index in [1.165, 1.54) is 19.3 Å². The quantitative estimate of drug-likeness (QED) is 0.709. The molecule has 0 spiro atoms. The molecule has 0 aromatic carbocycles. The highest BCUT2D eigenvalue weighted by atomic mass is 32.2. The topological polar surface area (TPSA) is 46.3 Å². The third kappa shape index (κ3) is 4.28. The molecule has 1 aromatic heterocycles. The van der Waals surface area contributed by atoms with E-state index in [1.807, 2.05) is 25.6 Å². The third-order valence-electron chi connectivity index (χ3n) is 4.29. The zero-order chi connectivity index (χ0) is 15.9. The van der Waals surface area contributed by atoms with Crippen molar-refractivity contribution in [1.82, 2.24) is 9.88 Å². The minimum atomic E-state index is 0.0355. The number of hydrogen-bond acceptors (Lipinski definition) is 4. The molecule has 0 N–H and O–H groups in total. The first kappa shape index (κ1) is 17.4. The molecule has 1 aromatic rings. The molecule has 0 saturated heterocycles. The van der Waals surface area contributed by atoms with Crippen LogP contribution in [0.1, 0.15) is 68.1 Å². The van der Waals surface area contributed by atoms with Crippen molar-refractivity contribution in [3.63, 3.8) is 0 Å². The lowest BCUT2D eigenvalue weighted by Crippen LogP contribution is -2.43. The number of carbonyl (C=O) groups excluding carboxylic acids is 1. The van der Waals surface area contributed by atoms with Crippen molar-refractivity contribution in [2.75, 3.05) is 18.1 Å². The Labute approximate surface area is 138 Å². The summed E-state index contributed by atoms with van der Waals surface area (Å²) in [5, 5.41) is 0. The predicted molar refractivity (Wildman–Crippen MR) is 91.5 cm³/mol. The molecule has 0 atom stereocenters. The van der Waals surface area contributed by atoms with Gasteiger partial charge >= 0.3 is 0 Å². The lowest BCUT2D eigenvalue weighted by atomic mass is 9.94. The number of amides is 1. The fourth-order valence-corrected chi connectivity index (χ4v) is 3.70. The summed E-state index contributed by atoms with van der Waals surface area (Å²) in [5.41, 5.74) is 0.728. The number of rotatable bonds is 7. The van der Waals surface area contributed by atoms with Gasteiger partial charge in [0.15, 0.2) is 5.89 Å². The van der Waals surface area contributed by atoms with Crippen LogP contribution in [0.5, 0.6) is 0 Å². The zero-order valence-electron chi connectivity index (χ0n) is 14.1. The van der Waals surface area contributed by atoms with Crippen LogP contribution >= 0.6 is 11.8 Å². The van der Waals surface area contributed by atoms with Gasteiger partial charge in [-0.1, -0.05) is 33.1 Å². The lowest BCUT2D eigenvalue weighted by molar-refractivity contribution is 0.0615. The van der Waals surface area contributed by atoms with Crippen LogP contribution in [0.25, 0.3) is 0 Å². The Morgan fingerprint density at radius 2 is 2.05 bits per heavy atom. The van der Waals surface area contributed by atoms with E-state index in [1.54, 1.807) is 0 Å². The van der Waals surface area contributed by atoms with E-state index in [-0.39, 0.29) is 5.91 Å². The Hall–Kier alpha value is -0.970. The van der Waals surface area contributed by atoms with Crippen molar-refractivity contribution in [2.24, 2.45) is 0 Å². The summed E-state index contributed by atoms with van der Waals surface area (Å²) in [6.07, 6.45) is 6.72. The van der Waals surface area contributed by atoms with Crippen LogP contribution in [0.3, 0.4) is 0 Å². The Morgan fingerprint density at radius 1 is 1.32 bits per heavy atom. The molecule has 0 bridgehead atoms. The summed E-state index contributed by atoms with van der Waals surface area (Å²) in [4.78, 5) is 19.4. The van der Waals surface area contributed by atoms with E-state index in [0.717, 1.165) is 43.0 Å². The summed E-state index contributed by atoms with van der Waals surface area (Å²) in [7, 11) is 0. The average molecular weight is 324 g/mol. The van der Waals surface area contributed by atoms with E-state index >= 15 is 0 Å². The molecule has 1 amide bonds. The van der Waals surface area contributed by atoms with Crippen molar-refractivity contribution >= 4 is 17.7 Å². The molecule has 1 saturated carbocycles. The number of aryl methyl sites for hydroxylation is 2. The van der Waals surface area contributed by atoms with Crippen molar-refractivity contribution in [3.8, 4) is 0 Å². The monoisotopic (exact) mass is 324 g/mol. The van der Waals surface area contributed by atoms with Gasteiger partial charge in [0.05, 0.1) is 5.69 Å². The second kappa shape index (κ2) is 8.61. The van der Waals surface area contributed by atoms with E-state index in [4.69, 9.17) is 4.42 Å². The molecule has 2 rings (SSSR count). The number of carbonyl (C=O) groups is 1. The molecule has 0 aliphatic heterocycles. The second-order valence-electron chi connectivity index (χ2n) is 5.86. The maximum Gasteiger partial charge on any atom is 0.291 e. The average Bonchev–Trinajstić information content (AvgIpc) is 2.93. The van der Waals surface area contributed by atoms with Gasteiger partial charge in [-0.2, -0.15) is 11.8 Å². The van der Waals surface area contributed by atoms with Crippen LogP contribution in [0, 0.1) is 6.92 Å². The molecule has 1 aliphatic carbocycles. The Balaban J connectivity index is 2.14. The molecule has 124 valence electrons. The Bertz CT molecular complexity index is 481. The highest BCUT2D eigenvalue weighted by Gasteiger charge is 2.29. The van der Waals surface area contributed by atoms with Crippen molar-refractivity contribution in [1.29, 1.82) is 0 Å². The van der Waals surface area contributed by atoms with E-state index in [0.29, 0.717) is 17.7 Å². The van der Waals surface area contributed by atoms with Crippen LogP contribution < -0.4 is 0 Å².